The molecular formula is C16H30N4O4. The molecule has 1 fully saturated rings. The number of carbonyl (C=O) groups excluding carboxylic acids is 3. The number of carbonyl (C=O) groups is 3. The molecular weight excluding hydrogens is 312 g/mol. The number of urea groups is 1. The fraction of sp³-hybridized carbons (Fsp3) is 0.812. The number of likely N-dealkylation sites (tertiary alicyclic amines) is 1. The molecule has 0 aromatic rings. The molecule has 1 heterocycles. The van der Waals surface area contributed by atoms with Crippen LogP contribution in [0.25, 0.3) is 0 Å². The van der Waals surface area contributed by atoms with Crippen LogP contribution in [0.1, 0.15) is 40.5 Å². The highest BCUT2D eigenvalue weighted by molar-refractivity contribution is 5.96. The van der Waals surface area contributed by atoms with Gasteiger partial charge in [0.05, 0.1) is 6.04 Å². The number of hydrogen-bond donors (Lipinski definition) is 3. The first-order chi connectivity index (χ1) is 11.1. The van der Waals surface area contributed by atoms with Gasteiger partial charge in [-0.2, -0.15) is 0 Å². The third-order valence-electron chi connectivity index (χ3n) is 3.97. The summed E-state index contributed by atoms with van der Waals surface area (Å²) in [5.74, 6) is 0.0580. The van der Waals surface area contributed by atoms with E-state index in [0.717, 1.165) is 25.9 Å². The second-order valence-electron chi connectivity index (χ2n) is 7.11. The Kier molecular flexibility index (Phi) is 7.47. The van der Waals surface area contributed by atoms with E-state index in [1.165, 1.54) is 7.05 Å². The summed E-state index contributed by atoms with van der Waals surface area (Å²) in [4.78, 5) is 36.9. The van der Waals surface area contributed by atoms with Crippen LogP contribution in [-0.2, 0) is 9.53 Å². The second kappa shape index (κ2) is 8.86. The van der Waals surface area contributed by atoms with E-state index in [1.54, 1.807) is 6.92 Å². The molecule has 0 unspecified atom stereocenters. The molecule has 1 saturated heterocycles. The van der Waals surface area contributed by atoms with Crippen molar-refractivity contribution in [1.82, 2.24) is 20.9 Å². The van der Waals surface area contributed by atoms with Crippen molar-refractivity contribution in [3.8, 4) is 0 Å². The monoisotopic (exact) mass is 342 g/mol. The summed E-state index contributed by atoms with van der Waals surface area (Å²) in [6.07, 6.45) is 1.36. The number of nitrogens with zero attached hydrogens (tertiary/aromatic N) is 1. The van der Waals surface area contributed by atoms with Gasteiger partial charge in [0.1, 0.15) is 5.60 Å². The van der Waals surface area contributed by atoms with Crippen LogP contribution in [0.4, 0.5) is 9.59 Å². The lowest BCUT2D eigenvalue weighted by molar-refractivity contribution is -0.125. The number of alkyl carbamates (subject to hydrolysis) is 1. The highest BCUT2D eigenvalue weighted by Gasteiger charge is 2.27. The van der Waals surface area contributed by atoms with Gasteiger partial charge in [-0.05, 0) is 59.5 Å². The topological polar surface area (TPSA) is 99.8 Å². The average molecular weight is 342 g/mol. The Hall–Kier alpha value is -1.83. The highest BCUT2D eigenvalue weighted by Crippen LogP contribution is 2.18. The Morgan fingerprint density at radius 1 is 1.21 bits per heavy atom. The summed E-state index contributed by atoms with van der Waals surface area (Å²) in [5.41, 5.74) is -0.499. The minimum atomic E-state index is -0.499. The van der Waals surface area contributed by atoms with Gasteiger partial charge in [-0.3, -0.25) is 15.0 Å². The normalized spacial score (nSPS) is 17.7. The van der Waals surface area contributed by atoms with E-state index in [0.29, 0.717) is 12.5 Å². The number of hydrogen-bond acceptors (Lipinski definition) is 5. The molecule has 0 radical (unpaired) electrons. The van der Waals surface area contributed by atoms with Crippen LogP contribution in [0.3, 0.4) is 0 Å². The molecule has 0 bridgehead atoms. The minimum Gasteiger partial charge on any atom is -0.444 e. The van der Waals surface area contributed by atoms with Crippen LogP contribution in [0.2, 0.25) is 0 Å². The van der Waals surface area contributed by atoms with Crippen molar-refractivity contribution in [3.05, 3.63) is 0 Å². The zero-order valence-corrected chi connectivity index (χ0v) is 15.3. The Morgan fingerprint density at radius 3 is 2.29 bits per heavy atom. The number of rotatable bonds is 4. The molecule has 4 amide bonds. The molecule has 1 aliphatic heterocycles. The van der Waals surface area contributed by atoms with E-state index in [9.17, 15) is 14.4 Å². The standard InChI is InChI=1S/C16H30N4O4/c1-11(13(21)19-14(22)17-5)20-8-6-12(7-9-20)10-18-15(23)24-16(2,3)4/h11-12H,6-10H2,1-5H3,(H,18,23)(H2,17,19,21,22)/t11-/m1/s1. The molecule has 1 rings (SSSR count). The van der Waals surface area contributed by atoms with E-state index >= 15 is 0 Å². The lowest BCUT2D eigenvalue weighted by Crippen LogP contribution is -2.51. The van der Waals surface area contributed by atoms with Gasteiger partial charge in [-0.15, -0.1) is 0 Å². The maximum Gasteiger partial charge on any atom is 0.407 e. The van der Waals surface area contributed by atoms with Gasteiger partial charge < -0.3 is 15.4 Å². The van der Waals surface area contributed by atoms with Crippen LogP contribution in [-0.4, -0.2) is 61.3 Å². The summed E-state index contributed by atoms with van der Waals surface area (Å²) in [6.45, 7) is 9.36. The average Bonchev–Trinajstić information content (AvgIpc) is 2.50. The Bertz CT molecular complexity index is 453. The maximum absolute atomic E-state index is 12.0. The number of piperidine rings is 1. The summed E-state index contributed by atoms with van der Waals surface area (Å²) >= 11 is 0. The molecule has 0 aromatic heterocycles. The maximum atomic E-state index is 12.0. The van der Waals surface area contributed by atoms with Gasteiger partial charge in [0.25, 0.3) is 0 Å². The minimum absolute atomic E-state index is 0.306. The van der Waals surface area contributed by atoms with Crippen molar-refractivity contribution in [2.45, 2.75) is 52.2 Å². The van der Waals surface area contributed by atoms with Crippen LogP contribution in [0, 0.1) is 5.92 Å². The smallest absolute Gasteiger partial charge is 0.407 e. The fourth-order valence-electron chi connectivity index (χ4n) is 2.53. The van der Waals surface area contributed by atoms with E-state index < -0.39 is 17.7 Å². The predicted molar refractivity (Wildman–Crippen MR) is 90.6 cm³/mol. The zero-order valence-electron chi connectivity index (χ0n) is 15.3. The Balaban J connectivity index is 2.32. The molecule has 0 aromatic carbocycles. The zero-order chi connectivity index (χ0) is 18.3. The molecule has 3 N–H and O–H groups in total. The molecule has 0 aliphatic carbocycles. The Morgan fingerprint density at radius 2 is 1.79 bits per heavy atom. The SMILES string of the molecule is CNC(=O)NC(=O)[C@@H](C)N1CCC(CNC(=O)OC(C)(C)C)CC1. The second-order valence-corrected chi connectivity index (χ2v) is 7.11. The van der Waals surface area contributed by atoms with Crippen LogP contribution < -0.4 is 16.0 Å². The Labute approximate surface area is 143 Å². The largest absolute Gasteiger partial charge is 0.444 e. The molecule has 138 valence electrons. The van der Waals surface area contributed by atoms with Gasteiger partial charge in [0.2, 0.25) is 5.91 Å². The van der Waals surface area contributed by atoms with E-state index in [4.69, 9.17) is 4.74 Å². The van der Waals surface area contributed by atoms with Gasteiger partial charge in [-0.25, -0.2) is 9.59 Å². The first kappa shape index (κ1) is 20.2. The van der Waals surface area contributed by atoms with Crippen molar-refractivity contribution in [1.29, 1.82) is 0 Å². The molecule has 8 nitrogen and oxygen atoms in total. The van der Waals surface area contributed by atoms with Gasteiger partial charge in [0, 0.05) is 13.6 Å². The molecule has 0 spiro atoms. The van der Waals surface area contributed by atoms with Crippen LogP contribution in [0.15, 0.2) is 0 Å². The van der Waals surface area contributed by atoms with E-state index in [1.807, 2.05) is 25.7 Å². The van der Waals surface area contributed by atoms with E-state index in [-0.39, 0.29) is 11.9 Å². The molecule has 1 aliphatic rings. The van der Waals surface area contributed by atoms with Gasteiger partial charge in [-0.1, -0.05) is 0 Å². The van der Waals surface area contributed by atoms with Crippen molar-refractivity contribution < 1.29 is 19.1 Å². The van der Waals surface area contributed by atoms with Crippen molar-refractivity contribution >= 4 is 18.0 Å². The van der Waals surface area contributed by atoms with Crippen LogP contribution in [0.5, 0.6) is 0 Å². The summed E-state index contributed by atoms with van der Waals surface area (Å²) < 4.78 is 5.22. The lowest BCUT2D eigenvalue weighted by atomic mass is 9.96. The predicted octanol–water partition coefficient (Wildman–Crippen LogP) is 1.07. The van der Waals surface area contributed by atoms with Crippen molar-refractivity contribution in [3.63, 3.8) is 0 Å². The van der Waals surface area contributed by atoms with Gasteiger partial charge >= 0.3 is 12.1 Å². The fourth-order valence-corrected chi connectivity index (χ4v) is 2.53. The van der Waals surface area contributed by atoms with Crippen molar-refractivity contribution in [2.24, 2.45) is 5.92 Å². The molecule has 1 atom stereocenters. The third-order valence-corrected chi connectivity index (χ3v) is 3.97. The number of nitrogens with one attached hydrogen (secondary N) is 3. The third kappa shape index (κ3) is 7.16. The number of ether oxygens (including phenoxy) is 1. The van der Waals surface area contributed by atoms with Crippen LogP contribution >= 0.6 is 0 Å². The first-order valence-corrected chi connectivity index (χ1v) is 8.36. The quantitative estimate of drug-likeness (QED) is 0.709. The molecule has 8 heteroatoms. The lowest BCUT2D eigenvalue weighted by Gasteiger charge is -2.35. The summed E-state index contributed by atoms with van der Waals surface area (Å²) in [6, 6.07) is -0.856. The number of imide groups is 1. The summed E-state index contributed by atoms with van der Waals surface area (Å²) in [5, 5.41) is 7.46. The molecule has 0 saturated carbocycles. The highest BCUT2D eigenvalue weighted by atomic mass is 16.6. The molecule has 24 heavy (non-hydrogen) atoms. The van der Waals surface area contributed by atoms with E-state index in [2.05, 4.69) is 16.0 Å². The first-order valence-electron chi connectivity index (χ1n) is 8.36. The number of amides is 4. The van der Waals surface area contributed by atoms with Gasteiger partial charge in [0.15, 0.2) is 0 Å². The van der Waals surface area contributed by atoms with Crippen molar-refractivity contribution in [2.75, 3.05) is 26.7 Å². The summed E-state index contributed by atoms with van der Waals surface area (Å²) in [7, 11) is 1.47.